The molecular formula is C17H30N2O. The SMILES string of the molecule is CCCCCN(C)C(C)C(NC)c1ccc(OC)cc1. The number of rotatable bonds is 9. The summed E-state index contributed by atoms with van der Waals surface area (Å²) < 4.78 is 5.23. The second-order valence-electron chi connectivity index (χ2n) is 5.47. The lowest BCUT2D eigenvalue weighted by Gasteiger charge is -2.32. The summed E-state index contributed by atoms with van der Waals surface area (Å²) in [6.45, 7) is 5.69. The summed E-state index contributed by atoms with van der Waals surface area (Å²) in [5.41, 5.74) is 1.31. The van der Waals surface area contributed by atoms with E-state index in [2.05, 4.69) is 43.2 Å². The minimum atomic E-state index is 0.340. The van der Waals surface area contributed by atoms with Gasteiger partial charge in [0.1, 0.15) is 5.75 Å². The first-order valence-corrected chi connectivity index (χ1v) is 7.65. The van der Waals surface area contributed by atoms with Gasteiger partial charge in [0, 0.05) is 12.1 Å². The summed E-state index contributed by atoms with van der Waals surface area (Å²) in [5.74, 6) is 0.910. The number of unbranched alkanes of at least 4 members (excludes halogenated alkanes) is 2. The van der Waals surface area contributed by atoms with Crippen molar-refractivity contribution in [1.29, 1.82) is 0 Å². The third kappa shape index (κ3) is 4.80. The maximum atomic E-state index is 5.23. The molecule has 0 aliphatic heterocycles. The molecule has 2 atom stereocenters. The highest BCUT2D eigenvalue weighted by Gasteiger charge is 2.20. The van der Waals surface area contributed by atoms with Gasteiger partial charge in [-0.1, -0.05) is 31.9 Å². The summed E-state index contributed by atoms with van der Waals surface area (Å²) >= 11 is 0. The number of nitrogens with zero attached hydrogens (tertiary/aromatic N) is 1. The second-order valence-corrected chi connectivity index (χ2v) is 5.47. The molecule has 0 saturated heterocycles. The minimum absolute atomic E-state index is 0.340. The first-order chi connectivity index (χ1) is 9.63. The summed E-state index contributed by atoms with van der Waals surface area (Å²) in [7, 11) is 5.95. The fourth-order valence-corrected chi connectivity index (χ4v) is 2.57. The molecule has 1 N–H and O–H groups in total. The molecular weight excluding hydrogens is 248 g/mol. The maximum Gasteiger partial charge on any atom is 0.118 e. The number of likely N-dealkylation sites (N-methyl/N-ethyl adjacent to an activating group) is 2. The highest BCUT2D eigenvalue weighted by atomic mass is 16.5. The predicted molar refractivity (Wildman–Crippen MR) is 86.4 cm³/mol. The maximum absolute atomic E-state index is 5.23. The van der Waals surface area contributed by atoms with Crippen LogP contribution in [0.2, 0.25) is 0 Å². The Labute approximate surface area is 124 Å². The molecule has 114 valence electrons. The highest BCUT2D eigenvalue weighted by molar-refractivity contribution is 5.29. The van der Waals surface area contributed by atoms with Gasteiger partial charge in [-0.15, -0.1) is 0 Å². The number of hydrogen-bond donors (Lipinski definition) is 1. The van der Waals surface area contributed by atoms with Crippen LogP contribution in [0.1, 0.15) is 44.7 Å². The van der Waals surface area contributed by atoms with E-state index in [1.807, 2.05) is 19.2 Å². The summed E-state index contributed by atoms with van der Waals surface area (Å²) in [6, 6.07) is 9.16. The van der Waals surface area contributed by atoms with E-state index in [0.717, 1.165) is 12.3 Å². The molecule has 1 aromatic carbocycles. The first-order valence-electron chi connectivity index (χ1n) is 7.65. The van der Waals surface area contributed by atoms with E-state index < -0.39 is 0 Å². The molecule has 0 bridgehead atoms. The van der Waals surface area contributed by atoms with Crippen LogP contribution in [-0.2, 0) is 0 Å². The lowest BCUT2D eigenvalue weighted by Crippen LogP contribution is -2.40. The van der Waals surface area contributed by atoms with Gasteiger partial charge in [-0.3, -0.25) is 0 Å². The standard InChI is InChI=1S/C17H30N2O/c1-6-7-8-13-19(4)14(2)17(18-3)15-9-11-16(20-5)12-10-15/h9-12,14,17-18H,6-8,13H2,1-5H3. The first kappa shape index (κ1) is 17.0. The number of ether oxygens (including phenoxy) is 1. The van der Waals surface area contributed by atoms with Crippen LogP contribution >= 0.6 is 0 Å². The molecule has 0 amide bonds. The molecule has 0 aromatic heterocycles. The quantitative estimate of drug-likeness (QED) is 0.700. The predicted octanol–water partition coefficient (Wildman–Crippen LogP) is 3.47. The van der Waals surface area contributed by atoms with E-state index in [1.165, 1.54) is 24.8 Å². The van der Waals surface area contributed by atoms with E-state index in [0.29, 0.717) is 12.1 Å². The molecule has 0 aliphatic carbocycles. The second kappa shape index (κ2) is 8.98. The van der Waals surface area contributed by atoms with Crippen LogP contribution in [0.4, 0.5) is 0 Å². The van der Waals surface area contributed by atoms with E-state index in [9.17, 15) is 0 Å². The van der Waals surface area contributed by atoms with Gasteiger partial charge in [0.25, 0.3) is 0 Å². The van der Waals surface area contributed by atoms with E-state index in [1.54, 1.807) is 7.11 Å². The number of methoxy groups -OCH3 is 1. The summed E-state index contributed by atoms with van der Waals surface area (Å²) in [4.78, 5) is 2.45. The van der Waals surface area contributed by atoms with Crippen molar-refractivity contribution in [3.63, 3.8) is 0 Å². The molecule has 0 heterocycles. The molecule has 0 saturated carbocycles. The zero-order valence-electron chi connectivity index (χ0n) is 13.6. The Kier molecular flexibility index (Phi) is 7.63. The Balaban J connectivity index is 2.67. The number of nitrogens with one attached hydrogen (secondary N) is 1. The zero-order valence-corrected chi connectivity index (χ0v) is 13.6. The van der Waals surface area contributed by atoms with Gasteiger partial charge < -0.3 is 15.0 Å². The average molecular weight is 278 g/mol. The molecule has 1 rings (SSSR count). The average Bonchev–Trinajstić information content (AvgIpc) is 2.48. The Morgan fingerprint density at radius 3 is 2.35 bits per heavy atom. The van der Waals surface area contributed by atoms with Crippen molar-refractivity contribution in [1.82, 2.24) is 10.2 Å². The van der Waals surface area contributed by atoms with Crippen LogP contribution in [0.15, 0.2) is 24.3 Å². The van der Waals surface area contributed by atoms with Crippen molar-refractivity contribution in [2.24, 2.45) is 0 Å². The zero-order chi connectivity index (χ0) is 15.0. The van der Waals surface area contributed by atoms with Gasteiger partial charge in [-0.25, -0.2) is 0 Å². The molecule has 0 spiro atoms. The smallest absolute Gasteiger partial charge is 0.118 e. The fraction of sp³-hybridized carbons (Fsp3) is 0.647. The topological polar surface area (TPSA) is 24.5 Å². The van der Waals surface area contributed by atoms with Gasteiger partial charge in [-0.2, -0.15) is 0 Å². The molecule has 0 radical (unpaired) electrons. The van der Waals surface area contributed by atoms with Crippen molar-refractivity contribution in [2.45, 2.75) is 45.2 Å². The summed E-state index contributed by atoms with van der Waals surface area (Å²) in [5, 5.41) is 3.44. The largest absolute Gasteiger partial charge is 0.497 e. The number of hydrogen-bond acceptors (Lipinski definition) is 3. The van der Waals surface area contributed by atoms with E-state index in [4.69, 9.17) is 4.74 Å². The highest BCUT2D eigenvalue weighted by Crippen LogP contribution is 2.22. The van der Waals surface area contributed by atoms with Crippen LogP contribution in [0.25, 0.3) is 0 Å². The Hall–Kier alpha value is -1.06. The third-order valence-corrected chi connectivity index (χ3v) is 4.08. The van der Waals surface area contributed by atoms with Gasteiger partial charge in [0.15, 0.2) is 0 Å². The van der Waals surface area contributed by atoms with E-state index in [-0.39, 0.29) is 0 Å². The van der Waals surface area contributed by atoms with E-state index >= 15 is 0 Å². The monoisotopic (exact) mass is 278 g/mol. The van der Waals surface area contributed by atoms with Crippen LogP contribution in [-0.4, -0.2) is 38.7 Å². The molecule has 3 nitrogen and oxygen atoms in total. The summed E-state index contributed by atoms with van der Waals surface area (Å²) in [6.07, 6.45) is 3.86. The van der Waals surface area contributed by atoms with Gasteiger partial charge in [-0.05, 0) is 51.7 Å². The van der Waals surface area contributed by atoms with Gasteiger partial charge >= 0.3 is 0 Å². The fourth-order valence-electron chi connectivity index (χ4n) is 2.57. The molecule has 0 fully saturated rings. The minimum Gasteiger partial charge on any atom is -0.497 e. The van der Waals surface area contributed by atoms with Crippen LogP contribution in [0.5, 0.6) is 5.75 Å². The van der Waals surface area contributed by atoms with Crippen molar-refractivity contribution in [3.05, 3.63) is 29.8 Å². The van der Waals surface area contributed by atoms with Crippen molar-refractivity contribution in [3.8, 4) is 5.75 Å². The van der Waals surface area contributed by atoms with Crippen molar-refractivity contribution in [2.75, 3.05) is 27.7 Å². The Morgan fingerprint density at radius 1 is 1.20 bits per heavy atom. The Morgan fingerprint density at radius 2 is 1.85 bits per heavy atom. The van der Waals surface area contributed by atoms with Crippen molar-refractivity contribution < 1.29 is 4.74 Å². The third-order valence-electron chi connectivity index (χ3n) is 4.08. The molecule has 3 heteroatoms. The normalized spacial score (nSPS) is 14.3. The van der Waals surface area contributed by atoms with Crippen LogP contribution in [0.3, 0.4) is 0 Å². The van der Waals surface area contributed by atoms with Crippen LogP contribution in [0, 0.1) is 0 Å². The number of benzene rings is 1. The van der Waals surface area contributed by atoms with Crippen molar-refractivity contribution >= 4 is 0 Å². The van der Waals surface area contributed by atoms with Crippen LogP contribution < -0.4 is 10.1 Å². The molecule has 1 aromatic rings. The lowest BCUT2D eigenvalue weighted by atomic mass is 9.99. The molecule has 20 heavy (non-hydrogen) atoms. The molecule has 2 unspecified atom stereocenters. The van der Waals surface area contributed by atoms with Gasteiger partial charge in [0.05, 0.1) is 7.11 Å². The lowest BCUT2D eigenvalue weighted by molar-refractivity contribution is 0.208. The Bertz CT molecular complexity index is 364. The molecule has 0 aliphatic rings. The van der Waals surface area contributed by atoms with Gasteiger partial charge in [0.2, 0.25) is 0 Å².